The second-order valence-corrected chi connectivity index (χ2v) is 13.6. The lowest BCUT2D eigenvalue weighted by Gasteiger charge is -2.23. The first-order chi connectivity index (χ1) is 23.5. The smallest absolute Gasteiger partial charge is 0.301 e. The Morgan fingerprint density at radius 2 is 1.62 bits per heavy atom. The highest BCUT2D eigenvalue weighted by atomic mass is 32.2. The molecule has 1 atom stereocenters. The van der Waals surface area contributed by atoms with Crippen molar-refractivity contribution in [2.45, 2.75) is 55.7 Å². The van der Waals surface area contributed by atoms with Gasteiger partial charge in [-0.1, -0.05) is 104 Å². The summed E-state index contributed by atoms with van der Waals surface area (Å²) in [5, 5.41) is 23.0. The van der Waals surface area contributed by atoms with E-state index in [0.29, 0.717) is 45.9 Å². The molecule has 2 heterocycles. The fraction of sp³-hybridized carbons (Fsp3) is 0.263. The molecule has 0 radical (unpaired) electrons. The first kappa shape index (κ1) is 33.2. The molecule has 5 aromatic rings. The highest BCUT2D eigenvalue weighted by Gasteiger charge is 2.48. The summed E-state index contributed by atoms with van der Waals surface area (Å²) in [6.07, 6.45) is 3.91. The van der Waals surface area contributed by atoms with Crippen LogP contribution in [0.1, 0.15) is 62.3 Å². The summed E-state index contributed by atoms with van der Waals surface area (Å²) in [5.74, 6) is 0.0926. The second-order valence-electron chi connectivity index (χ2n) is 11.4. The van der Waals surface area contributed by atoms with Crippen molar-refractivity contribution in [2.75, 3.05) is 18.1 Å². The highest BCUT2D eigenvalue weighted by molar-refractivity contribution is 8.00. The monoisotopic (exact) mass is 679 g/mol. The predicted octanol–water partition coefficient (Wildman–Crippen LogP) is 8.97. The molecule has 1 unspecified atom stereocenters. The minimum absolute atomic E-state index is 0.0227. The van der Waals surface area contributed by atoms with Crippen molar-refractivity contribution in [2.24, 2.45) is 0 Å². The average molecular weight is 680 g/mol. The van der Waals surface area contributed by atoms with Gasteiger partial charge in [-0.05, 0) is 71.1 Å². The summed E-state index contributed by atoms with van der Waals surface area (Å²) >= 11 is 2.77. The van der Waals surface area contributed by atoms with Gasteiger partial charge in [0.15, 0.2) is 4.34 Å². The number of carbonyl (C=O) groups excluding carboxylic acids is 2. The van der Waals surface area contributed by atoms with E-state index in [9.17, 15) is 14.7 Å². The Morgan fingerprint density at radius 3 is 2.44 bits per heavy atom. The van der Waals surface area contributed by atoms with Crippen molar-refractivity contribution in [3.8, 4) is 11.5 Å². The van der Waals surface area contributed by atoms with Crippen LogP contribution >= 0.6 is 23.1 Å². The molecule has 0 saturated carbocycles. The third-order valence-electron chi connectivity index (χ3n) is 8.07. The van der Waals surface area contributed by atoms with Crippen LogP contribution in [0.25, 0.3) is 16.5 Å². The maximum atomic E-state index is 13.8. The molecule has 1 aliphatic heterocycles. The van der Waals surface area contributed by atoms with Crippen LogP contribution < -0.4 is 14.4 Å². The number of hydrogen-bond acceptors (Lipinski definition) is 9. The van der Waals surface area contributed by atoms with E-state index in [1.807, 2.05) is 49.4 Å². The SMILES string of the molecule is CCCCCOc1cccc(C2/C(=C(\O)c3ccc(OCCC)cc3)C(=O)C(=O)N2c2nnc(SCc3cccc4ccccc34)s2)c1. The maximum absolute atomic E-state index is 13.8. The van der Waals surface area contributed by atoms with Gasteiger partial charge in [-0.25, -0.2) is 0 Å². The first-order valence-corrected chi connectivity index (χ1v) is 18.0. The largest absolute Gasteiger partial charge is 0.507 e. The van der Waals surface area contributed by atoms with Crippen LogP contribution in [0.3, 0.4) is 0 Å². The number of carbonyl (C=O) groups is 2. The molecule has 1 aliphatic rings. The molecule has 1 amide bonds. The van der Waals surface area contributed by atoms with Crippen molar-refractivity contribution in [1.29, 1.82) is 0 Å². The standard InChI is InChI=1S/C38H37N3O5S2/c1-3-5-8-22-46-30-15-10-13-27(23-30)33-32(34(42)26-17-19-29(20-18-26)45-21-4-2)35(43)36(44)41(33)37-39-40-38(48-37)47-24-28-14-9-12-25-11-6-7-16-31(25)28/h6-7,9-20,23,33,42H,3-5,8,21-22,24H2,1-2H3/b34-32+. The zero-order valence-corrected chi connectivity index (χ0v) is 28.6. The van der Waals surface area contributed by atoms with Gasteiger partial charge in [0.25, 0.3) is 5.78 Å². The van der Waals surface area contributed by atoms with Crippen molar-refractivity contribution in [3.63, 3.8) is 0 Å². The molecule has 6 rings (SSSR count). The van der Waals surface area contributed by atoms with E-state index in [1.54, 1.807) is 24.3 Å². The fourth-order valence-corrected chi connectivity index (χ4v) is 7.53. The quantitative estimate of drug-likeness (QED) is 0.0310. The number of aliphatic hydroxyl groups excluding tert-OH is 1. The lowest BCUT2D eigenvalue weighted by Crippen LogP contribution is -2.29. The lowest BCUT2D eigenvalue weighted by atomic mass is 9.95. The van der Waals surface area contributed by atoms with Crippen LogP contribution in [0.15, 0.2) is 101 Å². The molecule has 48 heavy (non-hydrogen) atoms. The molecule has 1 aromatic heterocycles. The molecular weight excluding hydrogens is 643 g/mol. The number of Topliss-reactive ketones (excluding diaryl/α,β-unsaturated/α-hetero) is 1. The molecule has 1 saturated heterocycles. The number of benzene rings is 4. The predicted molar refractivity (Wildman–Crippen MR) is 192 cm³/mol. The molecule has 0 aliphatic carbocycles. The summed E-state index contributed by atoms with van der Waals surface area (Å²) in [7, 11) is 0. The molecule has 10 heteroatoms. The first-order valence-electron chi connectivity index (χ1n) is 16.2. The number of rotatable bonds is 14. The van der Waals surface area contributed by atoms with E-state index in [0.717, 1.165) is 36.6 Å². The third kappa shape index (κ3) is 7.24. The lowest BCUT2D eigenvalue weighted by molar-refractivity contribution is -0.132. The molecule has 4 aromatic carbocycles. The van der Waals surface area contributed by atoms with Gasteiger partial charge in [0.2, 0.25) is 5.13 Å². The minimum Gasteiger partial charge on any atom is -0.507 e. The fourth-order valence-electron chi connectivity index (χ4n) is 5.66. The summed E-state index contributed by atoms with van der Waals surface area (Å²) in [6, 6.07) is 27.7. The summed E-state index contributed by atoms with van der Waals surface area (Å²) in [5.41, 5.74) is 2.16. The minimum atomic E-state index is -0.941. The Morgan fingerprint density at radius 1 is 0.854 bits per heavy atom. The molecule has 246 valence electrons. The van der Waals surface area contributed by atoms with E-state index < -0.39 is 17.7 Å². The summed E-state index contributed by atoms with van der Waals surface area (Å²) in [6.45, 7) is 5.28. The molecule has 1 fully saturated rings. The van der Waals surface area contributed by atoms with Gasteiger partial charge in [0, 0.05) is 11.3 Å². The summed E-state index contributed by atoms with van der Waals surface area (Å²) < 4.78 is 12.4. The number of hydrogen-bond donors (Lipinski definition) is 1. The van der Waals surface area contributed by atoms with Crippen molar-refractivity contribution >= 4 is 56.5 Å². The Bertz CT molecular complexity index is 1930. The topological polar surface area (TPSA) is 102 Å². The van der Waals surface area contributed by atoms with E-state index in [-0.39, 0.29) is 16.5 Å². The van der Waals surface area contributed by atoms with Gasteiger partial charge in [-0.15, -0.1) is 10.2 Å². The molecular formula is C38H37N3O5S2. The van der Waals surface area contributed by atoms with E-state index in [1.165, 1.54) is 33.4 Å². The van der Waals surface area contributed by atoms with E-state index in [2.05, 4.69) is 41.4 Å². The van der Waals surface area contributed by atoms with Crippen LogP contribution in [0.2, 0.25) is 0 Å². The summed E-state index contributed by atoms with van der Waals surface area (Å²) in [4.78, 5) is 28.9. The molecule has 0 bridgehead atoms. The maximum Gasteiger partial charge on any atom is 0.301 e. The number of ketones is 1. The number of aliphatic hydroxyl groups is 1. The Kier molecular flexibility index (Phi) is 10.7. The van der Waals surface area contributed by atoms with Crippen LogP contribution in [0, 0.1) is 0 Å². The number of aromatic nitrogens is 2. The van der Waals surface area contributed by atoms with Crippen molar-refractivity contribution < 1.29 is 24.2 Å². The number of unbranched alkanes of at least 4 members (excludes halogenated alkanes) is 2. The number of anilines is 1. The zero-order valence-electron chi connectivity index (χ0n) is 26.9. The highest BCUT2D eigenvalue weighted by Crippen LogP contribution is 2.45. The van der Waals surface area contributed by atoms with E-state index in [4.69, 9.17) is 9.47 Å². The van der Waals surface area contributed by atoms with Gasteiger partial charge in [0.1, 0.15) is 17.3 Å². The average Bonchev–Trinajstić information content (AvgIpc) is 3.69. The van der Waals surface area contributed by atoms with Gasteiger partial charge >= 0.3 is 5.91 Å². The van der Waals surface area contributed by atoms with Gasteiger partial charge in [-0.3, -0.25) is 14.5 Å². The van der Waals surface area contributed by atoms with Crippen LogP contribution in [-0.2, 0) is 15.3 Å². The zero-order chi connectivity index (χ0) is 33.5. The van der Waals surface area contributed by atoms with Crippen LogP contribution in [0.4, 0.5) is 5.13 Å². The van der Waals surface area contributed by atoms with Gasteiger partial charge in [-0.2, -0.15) is 0 Å². The molecule has 1 N–H and O–H groups in total. The second kappa shape index (κ2) is 15.5. The van der Waals surface area contributed by atoms with Crippen molar-refractivity contribution in [1.82, 2.24) is 10.2 Å². The Balaban J connectivity index is 1.34. The Hall–Kier alpha value is -4.67. The normalized spacial score (nSPS) is 15.7. The Labute approximate surface area is 288 Å². The number of thioether (sulfide) groups is 1. The van der Waals surface area contributed by atoms with Gasteiger partial charge < -0.3 is 14.6 Å². The molecule has 8 nitrogen and oxygen atoms in total. The number of fused-ring (bicyclic) bond motifs is 1. The van der Waals surface area contributed by atoms with Gasteiger partial charge in [0.05, 0.1) is 24.8 Å². The number of ether oxygens (including phenoxy) is 2. The number of nitrogens with zero attached hydrogens (tertiary/aromatic N) is 3. The third-order valence-corrected chi connectivity index (χ3v) is 10.2. The number of amides is 1. The van der Waals surface area contributed by atoms with Crippen LogP contribution in [-0.4, -0.2) is 40.2 Å². The van der Waals surface area contributed by atoms with E-state index >= 15 is 0 Å². The molecule has 0 spiro atoms. The van der Waals surface area contributed by atoms with Crippen LogP contribution in [0.5, 0.6) is 11.5 Å². The van der Waals surface area contributed by atoms with Crippen molar-refractivity contribution in [3.05, 3.63) is 113 Å².